The first-order valence-corrected chi connectivity index (χ1v) is 6.95. The molecule has 104 valence electrons. The Morgan fingerprint density at radius 3 is 2.37 bits per heavy atom. The van der Waals surface area contributed by atoms with Crippen LogP contribution in [0.5, 0.6) is 0 Å². The lowest BCUT2D eigenvalue weighted by molar-refractivity contribution is -0.134. The number of rotatable bonds is 3. The van der Waals surface area contributed by atoms with Crippen LogP contribution in [0.15, 0.2) is 24.3 Å². The number of carbonyl (C=O) groups excluding carboxylic acids is 1. The molecule has 1 aromatic carbocycles. The van der Waals surface area contributed by atoms with Gasteiger partial charge in [-0.3, -0.25) is 9.69 Å². The number of benzene rings is 1. The van der Waals surface area contributed by atoms with Crippen molar-refractivity contribution in [1.82, 2.24) is 9.80 Å². The van der Waals surface area contributed by atoms with Gasteiger partial charge in [0.05, 0.1) is 6.04 Å². The summed E-state index contributed by atoms with van der Waals surface area (Å²) in [5, 5.41) is 0.760. The van der Waals surface area contributed by atoms with Gasteiger partial charge in [-0.2, -0.15) is 0 Å². The fraction of sp³-hybridized carbons (Fsp3) is 0.500. The minimum atomic E-state index is -0.400. The summed E-state index contributed by atoms with van der Waals surface area (Å²) in [6, 6.07) is 7.51. The van der Waals surface area contributed by atoms with Crippen molar-refractivity contribution in [2.45, 2.75) is 19.5 Å². The average molecular weight is 282 g/mol. The third-order valence-electron chi connectivity index (χ3n) is 3.39. The quantitative estimate of drug-likeness (QED) is 0.909. The van der Waals surface area contributed by atoms with Gasteiger partial charge in [0.25, 0.3) is 0 Å². The maximum atomic E-state index is 11.8. The fourth-order valence-electron chi connectivity index (χ4n) is 2.26. The maximum Gasteiger partial charge on any atom is 0.239 e. The van der Waals surface area contributed by atoms with Gasteiger partial charge in [-0.25, -0.2) is 0 Å². The van der Waals surface area contributed by atoms with E-state index in [1.807, 2.05) is 29.2 Å². The van der Waals surface area contributed by atoms with E-state index in [-0.39, 0.29) is 5.91 Å². The zero-order valence-electron chi connectivity index (χ0n) is 11.2. The molecule has 1 fully saturated rings. The van der Waals surface area contributed by atoms with Crippen LogP contribution >= 0.6 is 11.6 Å². The molecule has 1 aliphatic heterocycles. The maximum absolute atomic E-state index is 11.8. The second-order valence-electron chi connectivity index (χ2n) is 5.02. The summed E-state index contributed by atoms with van der Waals surface area (Å²) < 4.78 is 0. The topological polar surface area (TPSA) is 49.6 Å². The van der Waals surface area contributed by atoms with Crippen LogP contribution in [0.2, 0.25) is 5.02 Å². The Kier molecular flexibility index (Phi) is 4.80. The van der Waals surface area contributed by atoms with Gasteiger partial charge < -0.3 is 10.6 Å². The lowest BCUT2D eigenvalue weighted by atomic mass is 10.2. The monoisotopic (exact) mass is 281 g/mol. The molecule has 2 N–H and O–H groups in total. The molecule has 0 aromatic heterocycles. The van der Waals surface area contributed by atoms with Gasteiger partial charge in [-0.05, 0) is 24.6 Å². The summed E-state index contributed by atoms with van der Waals surface area (Å²) in [5.74, 6) is 0.0474. The molecule has 1 heterocycles. The van der Waals surface area contributed by atoms with Gasteiger partial charge >= 0.3 is 0 Å². The molecule has 0 unspecified atom stereocenters. The van der Waals surface area contributed by atoms with Crippen LogP contribution < -0.4 is 5.73 Å². The lowest BCUT2D eigenvalue weighted by Gasteiger charge is -2.35. The number of hydrogen-bond donors (Lipinski definition) is 1. The minimum absolute atomic E-state index is 0.0474. The standard InChI is InChI=1S/C14H20ClN3O/c1-11(16)14(19)18-8-6-17(7-9-18)10-12-2-4-13(15)5-3-12/h2-5,11H,6-10,16H2,1H3/t11-/m1/s1. The SMILES string of the molecule is C[C@@H](N)C(=O)N1CCN(Cc2ccc(Cl)cc2)CC1. The Labute approximate surface area is 119 Å². The summed E-state index contributed by atoms with van der Waals surface area (Å²) >= 11 is 5.87. The number of hydrogen-bond acceptors (Lipinski definition) is 3. The third kappa shape index (κ3) is 3.93. The molecule has 0 spiro atoms. The Balaban J connectivity index is 1.83. The van der Waals surface area contributed by atoms with E-state index in [1.54, 1.807) is 6.92 Å². The molecule has 2 rings (SSSR count). The van der Waals surface area contributed by atoms with Gasteiger partial charge in [-0.15, -0.1) is 0 Å². The molecular weight excluding hydrogens is 262 g/mol. The third-order valence-corrected chi connectivity index (χ3v) is 3.64. The number of carbonyl (C=O) groups is 1. The zero-order valence-corrected chi connectivity index (χ0v) is 11.9. The molecule has 1 saturated heterocycles. The van der Waals surface area contributed by atoms with Crippen LogP contribution in [0.1, 0.15) is 12.5 Å². The Bertz CT molecular complexity index is 425. The molecule has 5 heteroatoms. The molecule has 1 aromatic rings. The normalized spacial score (nSPS) is 18.4. The molecule has 1 aliphatic rings. The van der Waals surface area contributed by atoms with Crippen molar-refractivity contribution in [2.75, 3.05) is 26.2 Å². The molecule has 1 atom stereocenters. The van der Waals surface area contributed by atoms with Crippen molar-refractivity contribution in [1.29, 1.82) is 0 Å². The molecule has 0 aliphatic carbocycles. The number of amides is 1. The first-order chi connectivity index (χ1) is 9.06. The molecule has 1 amide bonds. The van der Waals surface area contributed by atoms with E-state index in [2.05, 4.69) is 4.90 Å². The van der Waals surface area contributed by atoms with E-state index >= 15 is 0 Å². The number of nitrogens with zero attached hydrogens (tertiary/aromatic N) is 2. The van der Waals surface area contributed by atoms with Crippen LogP contribution in [-0.2, 0) is 11.3 Å². The predicted octanol–water partition coefficient (Wildman–Crippen LogP) is 1.33. The zero-order chi connectivity index (χ0) is 13.8. The van der Waals surface area contributed by atoms with Gasteiger partial charge in [0.2, 0.25) is 5.91 Å². The minimum Gasteiger partial charge on any atom is -0.339 e. The van der Waals surface area contributed by atoms with E-state index in [0.29, 0.717) is 0 Å². The van der Waals surface area contributed by atoms with Crippen molar-refractivity contribution in [3.05, 3.63) is 34.9 Å². The summed E-state index contributed by atoms with van der Waals surface area (Å²) in [4.78, 5) is 16.0. The van der Waals surface area contributed by atoms with E-state index in [1.165, 1.54) is 5.56 Å². The van der Waals surface area contributed by atoms with Crippen LogP contribution in [0.25, 0.3) is 0 Å². The van der Waals surface area contributed by atoms with Crippen molar-refractivity contribution in [3.8, 4) is 0 Å². The van der Waals surface area contributed by atoms with E-state index in [4.69, 9.17) is 17.3 Å². The summed E-state index contributed by atoms with van der Waals surface area (Å²) in [6.45, 7) is 5.93. The van der Waals surface area contributed by atoms with Crippen molar-refractivity contribution in [2.24, 2.45) is 5.73 Å². The first kappa shape index (κ1) is 14.3. The number of halogens is 1. The van der Waals surface area contributed by atoms with Crippen molar-refractivity contribution >= 4 is 17.5 Å². The summed E-state index contributed by atoms with van der Waals surface area (Å²) in [5.41, 5.74) is 6.87. The van der Waals surface area contributed by atoms with E-state index in [9.17, 15) is 4.79 Å². The molecule has 0 saturated carbocycles. The first-order valence-electron chi connectivity index (χ1n) is 6.57. The largest absolute Gasteiger partial charge is 0.339 e. The predicted molar refractivity (Wildman–Crippen MR) is 77.0 cm³/mol. The molecule has 0 radical (unpaired) electrons. The van der Waals surface area contributed by atoms with Crippen LogP contribution in [-0.4, -0.2) is 47.9 Å². The highest BCUT2D eigenvalue weighted by Gasteiger charge is 2.22. The van der Waals surface area contributed by atoms with Crippen LogP contribution in [0.3, 0.4) is 0 Å². The molecule has 19 heavy (non-hydrogen) atoms. The fourth-order valence-corrected chi connectivity index (χ4v) is 2.39. The highest BCUT2D eigenvalue weighted by Crippen LogP contribution is 2.13. The average Bonchev–Trinajstić information content (AvgIpc) is 2.41. The molecule has 4 nitrogen and oxygen atoms in total. The number of piperazine rings is 1. The van der Waals surface area contributed by atoms with Gasteiger partial charge in [-0.1, -0.05) is 23.7 Å². The van der Waals surface area contributed by atoms with Gasteiger partial charge in [0, 0.05) is 37.7 Å². The highest BCUT2D eigenvalue weighted by molar-refractivity contribution is 6.30. The Morgan fingerprint density at radius 1 is 1.26 bits per heavy atom. The van der Waals surface area contributed by atoms with Crippen LogP contribution in [0.4, 0.5) is 0 Å². The lowest BCUT2D eigenvalue weighted by Crippen LogP contribution is -2.52. The van der Waals surface area contributed by atoms with Crippen molar-refractivity contribution < 1.29 is 4.79 Å². The Morgan fingerprint density at radius 2 is 1.84 bits per heavy atom. The Hall–Kier alpha value is -1.10. The van der Waals surface area contributed by atoms with E-state index < -0.39 is 6.04 Å². The van der Waals surface area contributed by atoms with Crippen LogP contribution in [0, 0.1) is 0 Å². The van der Waals surface area contributed by atoms with E-state index in [0.717, 1.165) is 37.7 Å². The summed E-state index contributed by atoms with van der Waals surface area (Å²) in [7, 11) is 0. The number of nitrogens with two attached hydrogens (primary N) is 1. The second kappa shape index (κ2) is 6.37. The second-order valence-corrected chi connectivity index (χ2v) is 5.45. The smallest absolute Gasteiger partial charge is 0.239 e. The van der Waals surface area contributed by atoms with Crippen molar-refractivity contribution in [3.63, 3.8) is 0 Å². The van der Waals surface area contributed by atoms with Gasteiger partial charge in [0.15, 0.2) is 0 Å². The van der Waals surface area contributed by atoms with Gasteiger partial charge in [0.1, 0.15) is 0 Å². The molecular formula is C14H20ClN3O. The molecule has 0 bridgehead atoms. The highest BCUT2D eigenvalue weighted by atomic mass is 35.5. The summed E-state index contributed by atoms with van der Waals surface area (Å²) in [6.07, 6.45) is 0.